The monoisotopic (exact) mass is 215 g/mol. The molecule has 3 N–H and O–H groups in total. The lowest BCUT2D eigenvalue weighted by Gasteiger charge is -2.31. The van der Waals surface area contributed by atoms with Crippen LogP contribution in [-0.2, 0) is 9.53 Å². The highest BCUT2D eigenvalue weighted by molar-refractivity contribution is 5.86. The minimum atomic E-state index is -0.718. The molecule has 1 heterocycles. The molecule has 0 aromatic heterocycles. The summed E-state index contributed by atoms with van der Waals surface area (Å²) in [6, 6.07) is 0. The highest BCUT2D eigenvalue weighted by Gasteiger charge is 2.35. The van der Waals surface area contributed by atoms with Gasteiger partial charge in [-0.05, 0) is 26.9 Å². The van der Waals surface area contributed by atoms with Gasteiger partial charge in [-0.25, -0.2) is 0 Å². The van der Waals surface area contributed by atoms with Gasteiger partial charge in [0.05, 0.1) is 5.54 Å². The summed E-state index contributed by atoms with van der Waals surface area (Å²) in [5.41, 5.74) is 5.30. The third-order valence-electron chi connectivity index (χ3n) is 2.68. The smallest absolute Gasteiger partial charge is 0.240 e. The Balaban J connectivity index is 2.31. The number of hydrogen-bond donors (Lipinski definition) is 2. The number of nitrogens with two attached hydrogens (primary N) is 1. The van der Waals surface area contributed by atoms with Gasteiger partial charge in [0.1, 0.15) is 0 Å². The number of likely N-dealkylation sites (N-methyl/N-ethyl adjacent to an activating group) is 1. The Bertz CT molecular complexity index is 213. The van der Waals surface area contributed by atoms with Crippen molar-refractivity contribution in [3.8, 4) is 0 Å². The van der Waals surface area contributed by atoms with Crippen LogP contribution in [0.5, 0.6) is 0 Å². The van der Waals surface area contributed by atoms with E-state index >= 15 is 0 Å². The van der Waals surface area contributed by atoms with Crippen molar-refractivity contribution in [2.75, 3.05) is 40.4 Å². The molecule has 1 aliphatic rings. The number of carbonyl (C=O) groups excluding carboxylic acids is 1. The van der Waals surface area contributed by atoms with E-state index in [0.717, 1.165) is 6.54 Å². The number of ether oxygens (including phenoxy) is 1. The first-order valence-corrected chi connectivity index (χ1v) is 5.34. The molecular weight excluding hydrogens is 194 g/mol. The number of nitrogens with zero attached hydrogens (tertiary/aromatic N) is 1. The number of hydrogen-bond acceptors (Lipinski definition) is 4. The molecule has 1 amide bonds. The standard InChI is InChI=1S/C10H21N3O2/c1-13(2)6-5-12-9(14)10(11)3-7-15-8-4-10/h3-8,11H2,1-2H3,(H,12,14). The lowest BCUT2D eigenvalue weighted by atomic mass is 9.90. The summed E-state index contributed by atoms with van der Waals surface area (Å²) in [4.78, 5) is 13.8. The second-order valence-electron chi connectivity index (χ2n) is 4.33. The van der Waals surface area contributed by atoms with Gasteiger partial charge >= 0.3 is 0 Å². The molecule has 0 bridgehead atoms. The van der Waals surface area contributed by atoms with Gasteiger partial charge in [0.2, 0.25) is 5.91 Å². The first-order chi connectivity index (χ1) is 7.04. The number of amides is 1. The molecule has 15 heavy (non-hydrogen) atoms. The summed E-state index contributed by atoms with van der Waals surface area (Å²) in [5.74, 6) is -0.0485. The zero-order valence-electron chi connectivity index (χ0n) is 9.58. The van der Waals surface area contributed by atoms with E-state index in [-0.39, 0.29) is 5.91 Å². The largest absolute Gasteiger partial charge is 0.381 e. The molecule has 1 saturated heterocycles. The van der Waals surface area contributed by atoms with Gasteiger partial charge in [-0.2, -0.15) is 0 Å². The highest BCUT2D eigenvalue weighted by atomic mass is 16.5. The number of nitrogens with one attached hydrogen (secondary N) is 1. The van der Waals surface area contributed by atoms with Gasteiger partial charge in [0, 0.05) is 26.3 Å². The molecule has 0 saturated carbocycles. The van der Waals surface area contributed by atoms with Crippen molar-refractivity contribution in [2.45, 2.75) is 18.4 Å². The van der Waals surface area contributed by atoms with Crippen molar-refractivity contribution < 1.29 is 9.53 Å². The molecule has 0 aromatic carbocycles. The summed E-state index contributed by atoms with van der Waals surface area (Å²) >= 11 is 0. The predicted molar refractivity (Wildman–Crippen MR) is 58.5 cm³/mol. The van der Waals surface area contributed by atoms with E-state index in [1.807, 2.05) is 19.0 Å². The Hall–Kier alpha value is -0.650. The Morgan fingerprint density at radius 2 is 2.07 bits per heavy atom. The minimum Gasteiger partial charge on any atom is -0.381 e. The minimum absolute atomic E-state index is 0.0485. The maximum absolute atomic E-state index is 11.8. The normalized spacial score (nSPS) is 20.3. The van der Waals surface area contributed by atoms with Crippen molar-refractivity contribution in [3.05, 3.63) is 0 Å². The van der Waals surface area contributed by atoms with E-state index in [4.69, 9.17) is 10.5 Å². The lowest BCUT2D eigenvalue weighted by Crippen LogP contribution is -2.57. The molecule has 1 aliphatic heterocycles. The SMILES string of the molecule is CN(C)CCNC(=O)C1(N)CCOCC1. The summed E-state index contributed by atoms with van der Waals surface area (Å²) in [5, 5.41) is 2.86. The Morgan fingerprint density at radius 1 is 1.47 bits per heavy atom. The molecule has 0 atom stereocenters. The Labute approximate surface area is 90.9 Å². The summed E-state index contributed by atoms with van der Waals surface area (Å²) in [6.07, 6.45) is 1.22. The van der Waals surface area contributed by atoms with Gasteiger partial charge in [-0.15, -0.1) is 0 Å². The van der Waals surface area contributed by atoms with Crippen molar-refractivity contribution >= 4 is 5.91 Å². The van der Waals surface area contributed by atoms with Crippen LogP contribution in [0.15, 0.2) is 0 Å². The third-order valence-corrected chi connectivity index (χ3v) is 2.68. The van der Waals surface area contributed by atoms with E-state index < -0.39 is 5.54 Å². The van der Waals surface area contributed by atoms with Crippen LogP contribution in [0.1, 0.15) is 12.8 Å². The van der Waals surface area contributed by atoms with Crippen LogP contribution in [-0.4, -0.2) is 56.7 Å². The van der Waals surface area contributed by atoms with E-state index in [1.54, 1.807) is 0 Å². The molecule has 0 spiro atoms. The molecule has 0 aliphatic carbocycles. The van der Waals surface area contributed by atoms with Gasteiger partial charge < -0.3 is 20.7 Å². The average Bonchev–Trinajstić information content (AvgIpc) is 2.18. The van der Waals surface area contributed by atoms with E-state index in [2.05, 4.69) is 5.32 Å². The quantitative estimate of drug-likeness (QED) is 0.642. The van der Waals surface area contributed by atoms with Gasteiger partial charge in [-0.3, -0.25) is 4.79 Å². The van der Waals surface area contributed by atoms with Crippen LogP contribution in [0.4, 0.5) is 0 Å². The molecule has 0 radical (unpaired) electrons. The Kier molecular flexibility index (Phi) is 4.50. The first kappa shape index (κ1) is 12.4. The molecule has 1 rings (SSSR count). The van der Waals surface area contributed by atoms with Crippen molar-refractivity contribution in [3.63, 3.8) is 0 Å². The van der Waals surface area contributed by atoms with Gasteiger partial charge in [0.15, 0.2) is 0 Å². The topological polar surface area (TPSA) is 67.6 Å². The summed E-state index contributed by atoms with van der Waals surface area (Å²) < 4.78 is 5.19. The second kappa shape index (κ2) is 5.44. The molecule has 1 fully saturated rings. The van der Waals surface area contributed by atoms with Crippen LogP contribution >= 0.6 is 0 Å². The maximum Gasteiger partial charge on any atom is 0.240 e. The zero-order chi connectivity index (χ0) is 11.3. The summed E-state index contributed by atoms with van der Waals surface area (Å²) in [7, 11) is 3.94. The fourth-order valence-corrected chi connectivity index (χ4v) is 1.53. The molecule has 0 aromatic rings. The van der Waals surface area contributed by atoms with Crippen molar-refractivity contribution in [1.82, 2.24) is 10.2 Å². The number of carbonyl (C=O) groups is 1. The van der Waals surface area contributed by atoms with Crippen molar-refractivity contribution in [2.24, 2.45) is 5.73 Å². The molecule has 5 heteroatoms. The second-order valence-corrected chi connectivity index (χ2v) is 4.33. The fourth-order valence-electron chi connectivity index (χ4n) is 1.53. The molecule has 5 nitrogen and oxygen atoms in total. The Morgan fingerprint density at radius 3 is 2.60 bits per heavy atom. The van der Waals surface area contributed by atoms with Crippen LogP contribution < -0.4 is 11.1 Å². The first-order valence-electron chi connectivity index (χ1n) is 5.34. The maximum atomic E-state index is 11.8. The molecular formula is C10H21N3O2. The fraction of sp³-hybridized carbons (Fsp3) is 0.900. The number of rotatable bonds is 4. The van der Waals surface area contributed by atoms with Crippen LogP contribution in [0.2, 0.25) is 0 Å². The van der Waals surface area contributed by atoms with Crippen LogP contribution in [0, 0.1) is 0 Å². The van der Waals surface area contributed by atoms with Crippen LogP contribution in [0.3, 0.4) is 0 Å². The van der Waals surface area contributed by atoms with Crippen LogP contribution in [0.25, 0.3) is 0 Å². The van der Waals surface area contributed by atoms with E-state index in [1.165, 1.54) is 0 Å². The molecule has 0 unspecified atom stereocenters. The van der Waals surface area contributed by atoms with Gasteiger partial charge in [-0.1, -0.05) is 0 Å². The van der Waals surface area contributed by atoms with Crippen molar-refractivity contribution in [1.29, 1.82) is 0 Å². The molecule has 88 valence electrons. The average molecular weight is 215 g/mol. The highest BCUT2D eigenvalue weighted by Crippen LogP contribution is 2.17. The lowest BCUT2D eigenvalue weighted by molar-refractivity contribution is -0.129. The third kappa shape index (κ3) is 3.77. The predicted octanol–water partition coefficient (Wildman–Crippen LogP) is -0.828. The zero-order valence-corrected chi connectivity index (χ0v) is 9.58. The van der Waals surface area contributed by atoms with E-state index in [0.29, 0.717) is 32.6 Å². The summed E-state index contributed by atoms with van der Waals surface area (Å²) in [6.45, 7) is 2.64. The van der Waals surface area contributed by atoms with Gasteiger partial charge in [0.25, 0.3) is 0 Å². The van der Waals surface area contributed by atoms with E-state index in [9.17, 15) is 4.79 Å².